The molecule has 1 spiro atoms. The van der Waals surface area contributed by atoms with Crippen molar-refractivity contribution in [3.8, 4) is 22.3 Å². The predicted octanol–water partition coefficient (Wildman–Crippen LogP) is 6.67. The highest BCUT2D eigenvalue weighted by Gasteiger charge is 2.51. The van der Waals surface area contributed by atoms with Crippen molar-refractivity contribution in [2.24, 2.45) is 0 Å². The van der Waals surface area contributed by atoms with E-state index in [-0.39, 0.29) is 5.41 Å². The molecule has 0 saturated heterocycles. The van der Waals surface area contributed by atoms with Crippen LogP contribution in [0.15, 0.2) is 97.6 Å². The van der Waals surface area contributed by atoms with Crippen molar-refractivity contribution < 1.29 is 0 Å². The molecule has 0 heteroatoms. The Bertz CT molecular complexity index is 1180. The molecule has 0 fully saturated rings. The number of hydrogen-bond acceptors (Lipinski definition) is 0. The Balaban J connectivity index is 1.87. The van der Waals surface area contributed by atoms with Crippen LogP contribution >= 0.6 is 0 Å². The van der Waals surface area contributed by atoms with E-state index in [4.69, 9.17) is 0 Å². The maximum absolute atomic E-state index is 4.01. The zero-order valence-corrected chi connectivity index (χ0v) is 14.9. The third-order valence-corrected chi connectivity index (χ3v) is 6.26. The molecule has 27 heavy (non-hydrogen) atoms. The molecule has 4 aromatic carbocycles. The van der Waals surface area contributed by atoms with E-state index in [2.05, 4.69) is 97.6 Å². The quantitative estimate of drug-likeness (QED) is 0.313. The van der Waals surface area contributed by atoms with Gasteiger partial charge in [0, 0.05) is 0 Å². The molecule has 0 aromatic heterocycles. The molecule has 0 saturated carbocycles. The van der Waals surface area contributed by atoms with E-state index in [0.717, 1.165) is 0 Å². The molecule has 0 aliphatic heterocycles. The predicted molar refractivity (Wildman–Crippen MR) is 113 cm³/mol. The Kier molecular flexibility index (Phi) is 2.78. The average Bonchev–Trinajstić information content (AvgIpc) is 3.21. The Morgan fingerprint density at radius 1 is 0.519 bits per heavy atom. The summed E-state index contributed by atoms with van der Waals surface area (Å²) in [5.74, 6) is 0. The first kappa shape index (κ1) is 14.8. The monoisotopic (exact) mass is 342 g/mol. The van der Waals surface area contributed by atoms with Gasteiger partial charge >= 0.3 is 0 Å². The molecule has 0 nitrogen and oxygen atoms in total. The minimum atomic E-state index is -0.238. The maximum Gasteiger partial charge on any atom is 0.0725 e. The lowest BCUT2D eigenvalue weighted by Gasteiger charge is -2.30. The molecule has 0 amide bonds. The molecule has 4 aromatic rings. The lowest BCUT2D eigenvalue weighted by Crippen LogP contribution is -2.25. The lowest BCUT2D eigenvalue weighted by atomic mass is 9.70. The molecule has 2 aliphatic rings. The zero-order chi connectivity index (χ0) is 18.0. The van der Waals surface area contributed by atoms with Crippen LogP contribution in [0.3, 0.4) is 0 Å². The summed E-state index contributed by atoms with van der Waals surface area (Å²) in [6, 6.07) is 33.5. The minimum absolute atomic E-state index is 0.238. The van der Waals surface area contributed by atoms with Crippen molar-refractivity contribution in [1.82, 2.24) is 0 Å². The van der Waals surface area contributed by atoms with E-state index in [0.29, 0.717) is 0 Å². The van der Waals surface area contributed by atoms with E-state index in [1.54, 1.807) is 0 Å². The van der Waals surface area contributed by atoms with E-state index in [1.165, 1.54) is 50.1 Å². The van der Waals surface area contributed by atoms with Gasteiger partial charge in [-0.3, -0.25) is 0 Å². The van der Waals surface area contributed by atoms with Gasteiger partial charge in [0.15, 0.2) is 0 Å². The van der Waals surface area contributed by atoms with Gasteiger partial charge < -0.3 is 0 Å². The van der Waals surface area contributed by atoms with Gasteiger partial charge in [0.1, 0.15) is 0 Å². The molecule has 126 valence electrons. The van der Waals surface area contributed by atoms with Crippen LogP contribution < -0.4 is 0 Å². The van der Waals surface area contributed by atoms with Crippen LogP contribution in [-0.2, 0) is 5.41 Å². The Morgan fingerprint density at radius 2 is 0.963 bits per heavy atom. The maximum atomic E-state index is 4.01. The SMILES string of the molecule is C=Cc1ccc2c(c1)C1(c3ccccc3-c3ccccc31)c1ccccc1-2. The van der Waals surface area contributed by atoms with Crippen LogP contribution in [0.4, 0.5) is 0 Å². The molecule has 0 bridgehead atoms. The van der Waals surface area contributed by atoms with Gasteiger partial charge in [0.25, 0.3) is 0 Å². The van der Waals surface area contributed by atoms with Gasteiger partial charge in [0.05, 0.1) is 5.41 Å². The summed E-state index contributed by atoms with van der Waals surface area (Å²) in [5.41, 5.74) is 11.8. The summed E-state index contributed by atoms with van der Waals surface area (Å²) in [7, 11) is 0. The van der Waals surface area contributed by atoms with E-state index in [1.807, 2.05) is 6.08 Å². The molecule has 0 atom stereocenters. The second-order valence-electron chi connectivity index (χ2n) is 7.40. The number of benzene rings is 4. The first-order chi connectivity index (χ1) is 13.4. The van der Waals surface area contributed by atoms with Gasteiger partial charge in [-0.05, 0) is 56.1 Å². The van der Waals surface area contributed by atoms with Crippen molar-refractivity contribution in [2.45, 2.75) is 5.41 Å². The molecule has 2 aliphatic carbocycles. The van der Waals surface area contributed by atoms with E-state index < -0.39 is 0 Å². The van der Waals surface area contributed by atoms with Crippen LogP contribution in [0.25, 0.3) is 28.3 Å². The molecule has 0 unspecified atom stereocenters. The number of rotatable bonds is 1. The first-order valence-electron chi connectivity index (χ1n) is 9.42. The normalized spacial score (nSPS) is 14.4. The molecular weight excluding hydrogens is 324 g/mol. The minimum Gasteiger partial charge on any atom is -0.0985 e. The van der Waals surface area contributed by atoms with Gasteiger partial charge in [0.2, 0.25) is 0 Å². The Morgan fingerprint density at radius 3 is 1.44 bits per heavy atom. The topological polar surface area (TPSA) is 0 Å². The van der Waals surface area contributed by atoms with Crippen molar-refractivity contribution in [3.63, 3.8) is 0 Å². The van der Waals surface area contributed by atoms with Crippen LogP contribution in [0.5, 0.6) is 0 Å². The highest BCUT2D eigenvalue weighted by atomic mass is 14.5. The highest BCUT2D eigenvalue weighted by Crippen LogP contribution is 2.62. The second-order valence-corrected chi connectivity index (χ2v) is 7.40. The van der Waals surface area contributed by atoms with Gasteiger partial charge in [-0.2, -0.15) is 0 Å². The summed E-state index contributed by atoms with van der Waals surface area (Å²) in [6.45, 7) is 4.01. The lowest BCUT2D eigenvalue weighted by molar-refractivity contribution is 0.793. The van der Waals surface area contributed by atoms with Gasteiger partial charge in [-0.15, -0.1) is 0 Å². The average molecular weight is 342 g/mol. The molecule has 0 radical (unpaired) electrons. The fourth-order valence-corrected chi connectivity index (χ4v) is 5.24. The third-order valence-electron chi connectivity index (χ3n) is 6.26. The van der Waals surface area contributed by atoms with Crippen molar-refractivity contribution in [3.05, 3.63) is 125 Å². The van der Waals surface area contributed by atoms with Crippen LogP contribution in [0, 0.1) is 0 Å². The van der Waals surface area contributed by atoms with Crippen LogP contribution in [-0.4, -0.2) is 0 Å². The Hall–Kier alpha value is -3.38. The zero-order valence-electron chi connectivity index (χ0n) is 14.9. The third kappa shape index (κ3) is 1.64. The van der Waals surface area contributed by atoms with Gasteiger partial charge in [-0.1, -0.05) is 97.6 Å². The van der Waals surface area contributed by atoms with Crippen LogP contribution in [0.1, 0.15) is 27.8 Å². The van der Waals surface area contributed by atoms with Gasteiger partial charge in [-0.25, -0.2) is 0 Å². The summed E-state index contributed by atoms with van der Waals surface area (Å²) in [5, 5.41) is 0. The smallest absolute Gasteiger partial charge is 0.0725 e. The number of fused-ring (bicyclic) bond motifs is 10. The molecule has 6 rings (SSSR count). The second kappa shape index (κ2) is 5.08. The summed E-state index contributed by atoms with van der Waals surface area (Å²) < 4.78 is 0. The summed E-state index contributed by atoms with van der Waals surface area (Å²) >= 11 is 0. The largest absolute Gasteiger partial charge is 0.0985 e. The highest BCUT2D eigenvalue weighted by molar-refractivity contribution is 5.95. The first-order valence-corrected chi connectivity index (χ1v) is 9.42. The molecular formula is C27H18. The fourth-order valence-electron chi connectivity index (χ4n) is 5.24. The van der Waals surface area contributed by atoms with Crippen LogP contribution in [0.2, 0.25) is 0 Å². The van der Waals surface area contributed by atoms with E-state index >= 15 is 0 Å². The number of hydrogen-bond donors (Lipinski definition) is 0. The van der Waals surface area contributed by atoms with Crippen molar-refractivity contribution >= 4 is 6.08 Å². The van der Waals surface area contributed by atoms with Crippen molar-refractivity contribution in [1.29, 1.82) is 0 Å². The fraction of sp³-hybridized carbons (Fsp3) is 0.0370. The summed E-state index contributed by atoms with van der Waals surface area (Å²) in [6.07, 6.45) is 1.95. The molecule has 0 heterocycles. The molecule has 0 N–H and O–H groups in total. The standard InChI is InChI=1S/C27H18/c1-2-18-15-16-22-21-11-5-8-14-25(21)27(26(22)17-18)23-12-6-3-9-19(23)20-10-4-7-13-24(20)27/h2-17H,1H2. The van der Waals surface area contributed by atoms with Crippen molar-refractivity contribution in [2.75, 3.05) is 0 Å². The Labute approximate surface area is 159 Å². The summed E-state index contributed by atoms with van der Waals surface area (Å²) in [4.78, 5) is 0. The van der Waals surface area contributed by atoms with E-state index in [9.17, 15) is 0 Å².